The van der Waals surface area contributed by atoms with Gasteiger partial charge < -0.3 is 9.88 Å². The minimum atomic E-state index is -0.139. The standard InChI is InChI=1S/C26H24N6O/c1-2-23-21(16-30-32(23)25-12-5-6-13-27-25)26(33)28-15-19-8-7-9-20(14-19)17-31-18-29-22-10-3-4-11-24(22)31/h3-14,16,18H,2,15,17H2,1H3,(H,28,33). The van der Waals surface area contributed by atoms with Crippen molar-refractivity contribution in [3.8, 4) is 5.82 Å². The Labute approximate surface area is 191 Å². The molecule has 3 aromatic heterocycles. The van der Waals surface area contributed by atoms with Gasteiger partial charge in [-0.3, -0.25) is 4.79 Å². The molecule has 0 radical (unpaired) electrons. The smallest absolute Gasteiger partial charge is 0.255 e. The van der Waals surface area contributed by atoms with Gasteiger partial charge in [0.15, 0.2) is 5.82 Å². The summed E-state index contributed by atoms with van der Waals surface area (Å²) in [6.45, 7) is 3.17. The number of aromatic nitrogens is 5. The van der Waals surface area contributed by atoms with Crippen LogP contribution >= 0.6 is 0 Å². The zero-order valence-corrected chi connectivity index (χ0v) is 18.3. The van der Waals surface area contributed by atoms with E-state index in [4.69, 9.17) is 0 Å². The number of para-hydroxylation sites is 2. The van der Waals surface area contributed by atoms with E-state index in [0.717, 1.165) is 34.4 Å². The number of imidazole rings is 1. The van der Waals surface area contributed by atoms with Crippen LogP contribution in [-0.4, -0.2) is 30.2 Å². The zero-order valence-electron chi connectivity index (χ0n) is 18.3. The number of rotatable bonds is 7. The van der Waals surface area contributed by atoms with Gasteiger partial charge in [-0.05, 0) is 41.8 Å². The first-order valence-corrected chi connectivity index (χ1v) is 11.0. The van der Waals surface area contributed by atoms with Gasteiger partial charge in [-0.15, -0.1) is 0 Å². The fourth-order valence-corrected chi connectivity index (χ4v) is 4.03. The zero-order chi connectivity index (χ0) is 22.6. The highest BCUT2D eigenvalue weighted by Gasteiger charge is 2.17. The monoisotopic (exact) mass is 436 g/mol. The predicted molar refractivity (Wildman–Crippen MR) is 127 cm³/mol. The molecule has 7 nitrogen and oxygen atoms in total. The number of fused-ring (bicyclic) bond motifs is 1. The molecule has 0 aliphatic heterocycles. The molecule has 0 unspecified atom stereocenters. The molecule has 0 atom stereocenters. The highest BCUT2D eigenvalue weighted by molar-refractivity contribution is 5.95. The second-order valence-electron chi connectivity index (χ2n) is 7.82. The Balaban J connectivity index is 1.29. The fraction of sp³-hybridized carbons (Fsp3) is 0.154. The third kappa shape index (κ3) is 4.25. The second kappa shape index (κ2) is 9.08. The van der Waals surface area contributed by atoms with Gasteiger partial charge >= 0.3 is 0 Å². The maximum absolute atomic E-state index is 12.9. The van der Waals surface area contributed by atoms with Gasteiger partial charge in [0.1, 0.15) is 0 Å². The molecular formula is C26H24N6O. The predicted octanol–water partition coefficient (Wildman–Crippen LogP) is 4.16. The number of carbonyl (C=O) groups is 1. The molecule has 164 valence electrons. The summed E-state index contributed by atoms with van der Waals surface area (Å²) in [5.41, 5.74) is 5.70. The van der Waals surface area contributed by atoms with Gasteiger partial charge in [-0.1, -0.05) is 49.4 Å². The SMILES string of the molecule is CCc1c(C(=O)NCc2cccc(Cn3cnc4ccccc43)c2)cnn1-c1ccccn1. The number of nitrogens with zero attached hydrogens (tertiary/aromatic N) is 5. The lowest BCUT2D eigenvalue weighted by molar-refractivity contribution is 0.0950. The van der Waals surface area contributed by atoms with Gasteiger partial charge in [-0.2, -0.15) is 5.10 Å². The van der Waals surface area contributed by atoms with Crippen molar-refractivity contribution in [2.24, 2.45) is 0 Å². The van der Waals surface area contributed by atoms with Crippen LogP contribution in [0.25, 0.3) is 16.9 Å². The molecule has 0 fully saturated rings. The van der Waals surface area contributed by atoms with Gasteiger partial charge in [0.05, 0.1) is 34.8 Å². The largest absolute Gasteiger partial charge is 0.348 e. The van der Waals surface area contributed by atoms with Gasteiger partial charge in [0.2, 0.25) is 0 Å². The van der Waals surface area contributed by atoms with E-state index in [-0.39, 0.29) is 5.91 Å². The van der Waals surface area contributed by atoms with Gasteiger partial charge in [0, 0.05) is 19.3 Å². The highest BCUT2D eigenvalue weighted by Crippen LogP contribution is 2.16. The van der Waals surface area contributed by atoms with E-state index in [1.807, 2.05) is 61.8 Å². The van der Waals surface area contributed by atoms with Crippen molar-refractivity contribution in [2.45, 2.75) is 26.4 Å². The summed E-state index contributed by atoms with van der Waals surface area (Å²) in [4.78, 5) is 21.7. The Bertz CT molecular complexity index is 1400. The van der Waals surface area contributed by atoms with Crippen molar-refractivity contribution in [1.82, 2.24) is 29.6 Å². The van der Waals surface area contributed by atoms with Crippen LogP contribution in [0.5, 0.6) is 0 Å². The van der Waals surface area contributed by atoms with Crippen LogP contribution in [0.2, 0.25) is 0 Å². The molecule has 0 saturated heterocycles. The molecule has 5 rings (SSSR count). The second-order valence-corrected chi connectivity index (χ2v) is 7.82. The molecule has 7 heteroatoms. The minimum absolute atomic E-state index is 0.139. The van der Waals surface area contributed by atoms with E-state index in [1.165, 1.54) is 0 Å². The van der Waals surface area contributed by atoms with Crippen molar-refractivity contribution >= 4 is 16.9 Å². The first kappa shape index (κ1) is 20.6. The lowest BCUT2D eigenvalue weighted by Gasteiger charge is -2.10. The summed E-state index contributed by atoms with van der Waals surface area (Å²) in [5.74, 6) is 0.563. The first-order valence-electron chi connectivity index (χ1n) is 11.0. The van der Waals surface area contributed by atoms with E-state index < -0.39 is 0 Å². The summed E-state index contributed by atoms with van der Waals surface area (Å²) in [5, 5.41) is 7.44. The van der Waals surface area contributed by atoms with E-state index in [0.29, 0.717) is 24.3 Å². The molecule has 1 amide bonds. The van der Waals surface area contributed by atoms with E-state index in [9.17, 15) is 4.79 Å². The number of amides is 1. The van der Waals surface area contributed by atoms with Crippen LogP contribution in [0, 0.1) is 0 Å². The summed E-state index contributed by atoms with van der Waals surface area (Å²) in [6, 6.07) is 22.0. The number of nitrogens with one attached hydrogen (secondary N) is 1. The molecular weight excluding hydrogens is 412 g/mol. The molecule has 0 bridgehead atoms. The molecule has 33 heavy (non-hydrogen) atoms. The third-order valence-electron chi connectivity index (χ3n) is 5.64. The van der Waals surface area contributed by atoms with E-state index in [2.05, 4.69) is 43.1 Å². The third-order valence-corrected chi connectivity index (χ3v) is 5.64. The Morgan fingerprint density at radius 1 is 0.970 bits per heavy atom. The average molecular weight is 437 g/mol. The summed E-state index contributed by atoms with van der Waals surface area (Å²) in [7, 11) is 0. The summed E-state index contributed by atoms with van der Waals surface area (Å²) >= 11 is 0. The molecule has 5 aromatic rings. The molecule has 3 heterocycles. The van der Waals surface area contributed by atoms with Crippen LogP contribution in [0.15, 0.2) is 85.5 Å². The number of benzene rings is 2. The van der Waals surface area contributed by atoms with Crippen molar-refractivity contribution in [3.63, 3.8) is 0 Å². The Hall–Kier alpha value is -4.26. The Kier molecular flexibility index (Phi) is 5.68. The molecule has 2 aromatic carbocycles. The number of pyridine rings is 1. The van der Waals surface area contributed by atoms with Crippen molar-refractivity contribution in [2.75, 3.05) is 0 Å². The number of hydrogen-bond acceptors (Lipinski definition) is 4. The van der Waals surface area contributed by atoms with Crippen LogP contribution in [0.3, 0.4) is 0 Å². The summed E-state index contributed by atoms with van der Waals surface area (Å²) < 4.78 is 3.86. The molecule has 0 aliphatic rings. The Morgan fingerprint density at radius 2 is 1.82 bits per heavy atom. The topological polar surface area (TPSA) is 77.6 Å². The number of carbonyl (C=O) groups excluding carboxylic acids is 1. The molecule has 0 aliphatic carbocycles. The van der Waals surface area contributed by atoms with E-state index >= 15 is 0 Å². The molecule has 1 N–H and O–H groups in total. The van der Waals surface area contributed by atoms with Gasteiger partial charge in [0.25, 0.3) is 5.91 Å². The maximum Gasteiger partial charge on any atom is 0.255 e. The van der Waals surface area contributed by atoms with Crippen molar-refractivity contribution in [1.29, 1.82) is 0 Å². The van der Waals surface area contributed by atoms with Crippen LogP contribution in [-0.2, 0) is 19.5 Å². The lowest BCUT2D eigenvalue weighted by atomic mass is 10.1. The van der Waals surface area contributed by atoms with Crippen molar-refractivity contribution < 1.29 is 4.79 Å². The maximum atomic E-state index is 12.9. The average Bonchev–Trinajstić information content (AvgIpc) is 3.48. The quantitative estimate of drug-likeness (QED) is 0.416. The van der Waals surface area contributed by atoms with Crippen LogP contribution in [0.4, 0.5) is 0 Å². The van der Waals surface area contributed by atoms with Gasteiger partial charge in [-0.25, -0.2) is 14.6 Å². The normalized spacial score (nSPS) is 11.1. The highest BCUT2D eigenvalue weighted by atomic mass is 16.1. The van der Waals surface area contributed by atoms with E-state index in [1.54, 1.807) is 17.1 Å². The lowest BCUT2D eigenvalue weighted by Crippen LogP contribution is -2.24. The molecule has 0 saturated carbocycles. The summed E-state index contributed by atoms with van der Waals surface area (Å²) in [6.07, 6.45) is 5.87. The van der Waals surface area contributed by atoms with Crippen LogP contribution in [0.1, 0.15) is 34.1 Å². The first-order chi connectivity index (χ1) is 16.2. The minimum Gasteiger partial charge on any atom is -0.348 e. The number of hydrogen-bond donors (Lipinski definition) is 1. The van der Waals surface area contributed by atoms with Crippen molar-refractivity contribution in [3.05, 3.63) is 108 Å². The Morgan fingerprint density at radius 3 is 2.67 bits per heavy atom. The van der Waals surface area contributed by atoms with Crippen LogP contribution < -0.4 is 5.32 Å². The fourth-order valence-electron chi connectivity index (χ4n) is 4.03. The molecule has 0 spiro atoms.